The van der Waals surface area contributed by atoms with Crippen molar-refractivity contribution < 1.29 is 17.9 Å². The van der Waals surface area contributed by atoms with Gasteiger partial charge in [-0.05, 0) is 48.7 Å². The van der Waals surface area contributed by atoms with Gasteiger partial charge in [-0.25, -0.2) is 8.42 Å². The van der Waals surface area contributed by atoms with Crippen LogP contribution in [0.3, 0.4) is 0 Å². The molecular weight excluding hydrogens is 326 g/mol. The summed E-state index contributed by atoms with van der Waals surface area (Å²) in [5.41, 5.74) is 2.89. The second-order valence-electron chi connectivity index (χ2n) is 5.54. The van der Waals surface area contributed by atoms with Crippen LogP contribution in [0, 0.1) is 6.92 Å². The summed E-state index contributed by atoms with van der Waals surface area (Å²) in [6.45, 7) is 3.83. The van der Waals surface area contributed by atoms with Crippen molar-refractivity contribution in [1.29, 1.82) is 0 Å². The van der Waals surface area contributed by atoms with Gasteiger partial charge in [0.25, 0.3) is 5.91 Å². The molecule has 0 aromatic heterocycles. The molecule has 0 spiro atoms. The summed E-state index contributed by atoms with van der Waals surface area (Å²) in [6.07, 6.45) is 1.97. The van der Waals surface area contributed by atoms with Crippen molar-refractivity contribution >= 4 is 21.4 Å². The average molecular weight is 347 g/mol. The molecule has 1 N–H and O–H groups in total. The first-order valence-corrected chi connectivity index (χ1v) is 9.51. The fourth-order valence-corrected chi connectivity index (χ4v) is 2.94. The Bertz CT molecular complexity index is 827. The van der Waals surface area contributed by atoms with Gasteiger partial charge in [-0.1, -0.05) is 25.1 Å². The van der Waals surface area contributed by atoms with Gasteiger partial charge in [0.1, 0.15) is 5.75 Å². The number of benzene rings is 2. The van der Waals surface area contributed by atoms with Crippen LogP contribution in [0.1, 0.15) is 18.1 Å². The number of nitrogens with one attached hydrogen (secondary N) is 1. The lowest BCUT2D eigenvalue weighted by Crippen LogP contribution is -2.21. The van der Waals surface area contributed by atoms with E-state index >= 15 is 0 Å². The number of anilines is 1. The van der Waals surface area contributed by atoms with E-state index in [-0.39, 0.29) is 17.4 Å². The molecule has 0 unspecified atom stereocenters. The number of sulfone groups is 1. The third-order valence-electron chi connectivity index (χ3n) is 3.63. The summed E-state index contributed by atoms with van der Waals surface area (Å²) in [6, 6.07) is 11.9. The number of rotatable bonds is 6. The molecule has 0 aliphatic heterocycles. The maximum atomic E-state index is 12.1. The van der Waals surface area contributed by atoms with Crippen molar-refractivity contribution in [2.24, 2.45) is 0 Å². The minimum Gasteiger partial charge on any atom is -0.484 e. The quantitative estimate of drug-likeness (QED) is 0.872. The molecule has 0 radical (unpaired) electrons. The minimum atomic E-state index is -3.24. The first-order valence-electron chi connectivity index (χ1n) is 7.62. The van der Waals surface area contributed by atoms with Crippen molar-refractivity contribution in [1.82, 2.24) is 0 Å². The maximum Gasteiger partial charge on any atom is 0.262 e. The zero-order valence-corrected chi connectivity index (χ0v) is 14.8. The van der Waals surface area contributed by atoms with Gasteiger partial charge >= 0.3 is 0 Å². The summed E-state index contributed by atoms with van der Waals surface area (Å²) in [7, 11) is -3.24. The molecule has 1 amide bonds. The number of ether oxygens (including phenoxy) is 1. The van der Waals surface area contributed by atoms with Crippen LogP contribution in [0.4, 0.5) is 5.69 Å². The molecule has 6 heteroatoms. The standard InChI is InChI=1S/C18H21NO4S/c1-4-14-7-5-6-13(2)18(14)19-17(20)12-23-15-8-10-16(11-9-15)24(3,21)22/h5-11H,4,12H2,1-3H3,(H,19,20). The maximum absolute atomic E-state index is 12.1. The minimum absolute atomic E-state index is 0.143. The van der Waals surface area contributed by atoms with Crippen LogP contribution in [-0.2, 0) is 21.1 Å². The Hall–Kier alpha value is -2.34. The second kappa shape index (κ2) is 7.49. The Morgan fingerprint density at radius 3 is 2.38 bits per heavy atom. The molecule has 0 atom stereocenters. The van der Waals surface area contributed by atoms with Crippen molar-refractivity contribution in [2.45, 2.75) is 25.2 Å². The molecule has 2 rings (SSSR count). The Balaban J connectivity index is 1.99. The van der Waals surface area contributed by atoms with E-state index in [1.807, 2.05) is 32.0 Å². The Labute approximate surface area is 142 Å². The number of para-hydroxylation sites is 1. The monoisotopic (exact) mass is 347 g/mol. The molecule has 0 heterocycles. The molecular formula is C18H21NO4S. The normalized spacial score (nSPS) is 11.1. The average Bonchev–Trinajstić information content (AvgIpc) is 2.54. The van der Waals surface area contributed by atoms with Crippen LogP contribution in [0.5, 0.6) is 5.75 Å². The van der Waals surface area contributed by atoms with E-state index < -0.39 is 9.84 Å². The van der Waals surface area contributed by atoms with Crippen molar-refractivity contribution in [3.8, 4) is 5.75 Å². The number of carbonyl (C=O) groups excluding carboxylic acids is 1. The number of hydrogen-bond acceptors (Lipinski definition) is 4. The first kappa shape index (κ1) is 18.0. The zero-order chi connectivity index (χ0) is 17.7. The predicted octanol–water partition coefficient (Wildman–Crippen LogP) is 2.98. The van der Waals surface area contributed by atoms with Crippen LogP contribution in [0.2, 0.25) is 0 Å². The van der Waals surface area contributed by atoms with Gasteiger partial charge in [-0.3, -0.25) is 4.79 Å². The molecule has 0 aliphatic carbocycles. The highest BCUT2D eigenvalue weighted by molar-refractivity contribution is 7.90. The molecule has 128 valence electrons. The fourth-order valence-electron chi connectivity index (χ4n) is 2.31. The van der Waals surface area contributed by atoms with Gasteiger partial charge in [-0.15, -0.1) is 0 Å². The van der Waals surface area contributed by atoms with Crippen LogP contribution in [-0.4, -0.2) is 27.2 Å². The molecule has 24 heavy (non-hydrogen) atoms. The van der Waals surface area contributed by atoms with E-state index in [1.54, 1.807) is 0 Å². The molecule has 0 fully saturated rings. The Morgan fingerprint density at radius 1 is 1.12 bits per heavy atom. The van der Waals surface area contributed by atoms with E-state index in [0.29, 0.717) is 5.75 Å². The van der Waals surface area contributed by atoms with E-state index in [0.717, 1.165) is 29.5 Å². The SMILES string of the molecule is CCc1cccc(C)c1NC(=O)COc1ccc(S(C)(=O)=O)cc1. The highest BCUT2D eigenvalue weighted by Gasteiger charge is 2.10. The van der Waals surface area contributed by atoms with Gasteiger partial charge in [0.05, 0.1) is 4.90 Å². The van der Waals surface area contributed by atoms with E-state index in [9.17, 15) is 13.2 Å². The summed E-state index contributed by atoms with van der Waals surface area (Å²) >= 11 is 0. The number of carbonyl (C=O) groups is 1. The van der Waals surface area contributed by atoms with E-state index in [2.05, 4.69) is 5.32 Å². The van der Waals surface area contributed by atoms with Crippen LogP contribution in [0.25, 0.3) is 0 Å². The third-order valence-corrected chi connectivity index (χ3v) is 4.75. The molecule has 2 aromatic rings. The largest absolute Gasteiger partial charge is 0.484 e. The van der Waals surface area contributed by atoms with Crippen LogP contribution >= 0.6 is 0 Å². The lowest BCUT2D eigenvalue weighted by atomic mass is 10.1. The molecule has 5 nitrogen and oxygen atoms in total. The van der Waals surface area contributed by atoms with Crippen molar-refractivity contribution in [3.05, 3.63) is 53.6 Å². The predicted molar refractivity (Wildman–Crippen MR) is 94.2 cm³/mol. The Morgan fingerprint density at radius 2 is 1.79 bits per heavy atom. The lowest BCUT2D eigenvalue weighted by molar-refractivity contribution is -0.118. The highest BCUT2D eigenvalue weighted by atomic mass is 32.2. The van der Waals surface area contributed by atoms with Gasteiger partial charge in [0.15, 0.2) is 16.4 Å². The van der Waals surface area contributed by atoms with Gasteiger partial charge in [-0.2, -0.15) is 0 Å². The fraction of sp³-hybridized carbons (Fsp3) is 0.278. The lowest BCUT2D eigenvalue weighted by Gasteiger charge is -2.13. The van der Waals surface area contributed by atoms with E-state index in [4.69, 9.17) is 4.74 Å². The smallest absolute Gasteiger partial charge is 0.262 e. The summed E-state index contributed by atoms with van der Waals surface area (Å²) in [4.78, 5) is 12.3. The first-order chi connectivity index (χ1) is 11.3. The second-order valence-corrected chi connectivity index (χ2v) is 7.56. The Kier molecular flexibility index (Phi) is 5.62. The third kappa shape index (κ3) is 4.58. The molecule has 2 aromatic carbocycles. The molecule has 0 bridgehead atoms. The summed E-state index contributed by atoms with van der Waals surface area (Å²) in [5.74, 6) is 0.184. The highest BCUT2D eigenvalue weighted by Crippen LogP contribution is 2.21. The number of amides is 1. The number of aryl methyl sites for hydroxylation is 2. The molecule has 0 saturated carbocycles. The van der Waals surface area contributed by atoms with Gasteiger partial charge in [0, 0.05) is 11.9 Å². The topological polar surface area (TPSA) is 72.5 Å². The van der Waals surface area contributed by atoms with Crippen molar-refractivity contribution in [2.75, 3.05) is 18.2 Å². The zero-order valence-electron chi connectivity index (χ0n) is 14.0. The summed E-state index contributed by atoms with van der Waals surface area (Å²) < 4.78 is 28.2. The molecule has 0 aliphatic rings. The van der Waals surface area contributed by atoms with Gasteiger partial charge in [0.2, 0.25) is 0 Å². The number of hydrogen-bond donors (Lipinski definition) is 1. The summed E-state index contributed by atoms with van der Waals surface area (Å²) in [5, 5.41) is 2.88. The van der Waals surface area contributed by atoms with E-state index in [1.165, 1.54) is 24.3 Å². The van der Waals surface area contributed by atoms with Crippen molar-refractivity contribution in [3.63, 3.8) is 0 Å². The molecule has 0 saturated heterocycles. The van der Waals surface area contributed by atoms with Crippen LogP contribution < -0.4 is 10.1 Å². The van der Waals surface area contributed by atoms with Crippen LogP contribution in [0.15, 0.2) is 47.4 Å². The van der Waals surface area contributed by atoms with Gasteiger partial charge < -0.3 is 10.1 Å².